The summed E-state index contributed by atoms with van der Waals surface area (Å²) in [5, 5.41) is 11.8. The third kappa shape index (κ3) is 4.36. The zero-order valence-corrected chi connectivity index (χ0v) is 18.8. The molecule has 0 spiro atoms. The van der Waals surface area contributed by atoms with E-state index in [0.717, 1.165) is 40.0 Å². The molecule has 1 aliphatic rings. The number of carboxylic acid groups (broad SMARTS) is 1. The number of nitrogens with zero attached hydrogens (tertiary/aromatic N) is 1. The van der Waals surface area contributed by atoms with Gasteiger partial charge >= 0.3 is 5.97 Å². The third-order valence-corrected chi connectivity index (χ3v) is 6.17. The SMILES string of the molecule is CC(=Cc1c(F)cc(C(=O)Nc2nc3c(s2)COc2c-3cccc2C(C)C)cc1F)C(=O)O. The van der Waals surface area contributed by atoms with Gasteiger partial charge in [0.15, 0.2) is 5.13 Å². The molecular formula is C24H20F2N2O4S. The lowest BCUT2D eigenvalue weighted by atomic mass is 9.96. The third-order valence-electron chi connectivity index (χ3n) is 5.23. The topological polar surface area (TPSA) is 88.5 Å². The van der Waals surface area contributed by atoms with Gasteiger partial charge in [-0.25, -0.2) is 18.6 Å². The maximum atomic E-state index is 14.4. The highest BCUT2D eigenvalue weighted by molar-refractivity contribution is 7.16. The van der Waals surface area contributed by atoms with Crippen molar-refractivity contribution in [1.82, 2.24) is 4.98 Å². The van der Waals surface area contributed by atoms with Crippen LogP contribution >= 0.6 is 11.3 Å². The summed E-state index contributed by atoms with van der Waals surface area (Å²) < 4.78 is 34.8. The maximum Gasteiger partial charge on any atom is 0.331 e. The molecule has 0 saturated carbocycles. The van der Waals surface area contributed by atoms with Gasteiger partial charge in [0.25, 0.3) is 5.91 Å². The molecule has 0 fully saturated rings. The van der Waals surface area contributed by atoms with E-state index in [-0.39, 0.29) is 22.2 Å². The number of carbonyl (C=O) groups is 2. The van der Waals surface area contributed by atoms with Crippen LogP contribution in [-0.4, -0.2) is 22.0 Å². The molecule has 0 radical (unpaired) electrons. The molecule has 6 nitrogen and oxygen atoms in total. The van der Waals surface area contributed by atoms with Gasteiger partial charge in [0.05, 0.1) is 10.6 Å². The zero-order chi connectivity index (χ0) is 23.9. The second-order valence-corrected chi connectivity index (χ2v) is 8.98. The van der Waals surface area contributed by atoms with Crippen LogP contribution in [-0.2, 0) is 11.4 Å². The molecule has 4 rings (SSSR count). The summed E-state index contributed by atoms with van der Waals surface area (Å²) in [5.74, 6) is -3.07. The largest absolute Gasteiger partial charge is 0.487 e. The van der Waals surface area contributed by atoms with Crippen molar-refractivity contribution in [3.63, 3.8) is 0 Å². The smallest absolute Gasteiger partial charge is 0.331 e. The molecule has 170 valence electrons. The van der Waals surface area contributed by atoms with E-state index in [1.807, 2.05) is 18.2 Å². The standard InChI is InChI=1S/C24H20F2N2O4S/c1-11(2)14-5-4-6-15-20-19(10-32-21(14)15)33-24(27-20)28-22(29)13-8-17(25)16(18(26)9-13)7-12(3)23(30)31/h4-9,11H,10H2,1-3H3,(H,30,31)(H,27,28,29). The average Bonchev–Trinajstić information content (AvgIpc) is 3.18. The Morgan fingerprint density at radius 2 is 1.94 bits per heavy atom. The first-order valence-electron chi connectivity index (χ1n) is 10.1. The van der Waals surface area contributed by atoms with Crippen molar-refractivity contribution in [3.8, 4) is 17.0 Å². The van der Waals surface area contributed by atoms with Crippen LogP contribution < -0.4 is 10.1 Å². The molecule has 2 N–H and O–H groups in total. The quantitative estimate of drug-likeness (QED) is 0.457. The Hall–Kier alpha value is -3.59. The molecule has 33 heavy (non-hydrogen) atoms. The fourth-order valence-electron chi connectivity index (χ4n) is 3.51. The molecular weight excluding hydrogens is 450 g/mol. The van der Waals surface area contributed by atoms with Crippen LogP contribution in [0.5, 0.6) is 5.75 Å². The van der Waals surface area contributed by atoms with Crippen molar-refractivity contribution in [2.75, 3.05) is 5.32 Å². The van der Waals surface area contributed by atoms with Crippen LogP contribution in [0.2, 0.25) is 0 Å². The minimum atomic E-state index is -1.30. The van der Waals surface area contributed by atoms with Gasteiger partial charge in [-0.1, -0.05) is 37.3 Å². The van der Waals surface area contributed by atoms with E-state index in [2.05, 4.69) is 24.1 Å². The summed E-state index contributed by atoms with van der Waals surface area (Å²) >= 11 is 1.23. The molecule has 0 saturated heterocycles. The van der Waals surface area contributed by atoms with Crippen LogP contribution in [0.3, 0.4) is 0 Å². The number of carbonyl (C=O) groups excluding carboxylic acids is 1. The Morgan fingerprint density at radius 1 is 1.24 bits per heavy atom. The number of benzene rings is 2. The first-order chi connectivity index (χ1) is 15.7. The monoisotopic (exact) mass is 470 g/mol. The van der Waals surface area contributed by atoms with E-state index >= 15 is 0 Å². The lowest BCUT2D eigenvalue weighted by Crippen LogP contribution is -2.13. The number of thiazole rings is 1. The van der Waals surface area contributed by atoms with Crippen LogP contribution in [0.25, 0.3) is 17.3 Å². The molecule has 0 bridgehead atoms. The fourth-order valence-corrected chi connectivity index (χ4v) is 4.39. The summed E-state index contributed by atoms with van der Waals surface area (Å²) in [7, 11) is 0. The molecule has 0 atom stereocenters. The Labute approximate surface area is 192 Å². The predicted molar refractivity (Wildman–Crippen MR) is 122 cm³/mol. The molecule has 2 heterocycles. The normalized spacial score (nSPS) is 12.7. The molecule has 2 aromatic carbocycles. The average molecular weight is 470 g/mol. The number of para-hydroxylation sites is 1. The Morgan fingerprint density at radius 3 is 2.58 bits per heavy atom. The van der Waals surface area contributed by atoms with Gasteiger partial charge in [-0.3, -0.25) is 10.1 Å². The second kappa shape index (κ2) is 8.74. The summed E-state index contributed by atoms with van der Waals surface area (Å²) in [6.45, 7) is 5.68. The van der Waals surface area contributed by atoms with Gasteiger partial charge in [-0.2, -0.15) is 0 Å². The Balaban J connectivity index is 1.61. The zero-order valence-electron chi connectivity index (χ0n) is 18.0. The summed E-state index contributed by atoms with van der Waals surface area (Å²) in [6, 6.07) is 7.56. The van der Waals surface area contributed by atoms with E-state index in [4.69, 9.17) is 9.84 Å². The van der Waals surface area contributed by atoms with Crippen LogP contribution in [0, 0.1) is 11.6 Å². The molecule has 1 aliphatic heterocycles. The number of anilines is 1. The number of rotatable bonds is 5. The number of hydrogen-bond acceptors (Lipinski definition) is 5. The highest BCUT2D eigenvalue weighted by Crippen LogP contribution is 2.44. The number of carboxylic acids is 1. The van der Waals surface area contributed by atoms with Crippen molar-refractivity contribution >= 4 is 34.4 Å². The number of nitrogens with one attached hydrogen (secondary N) is 1. The summed E-state index contributed by atoms with van der Waals surface area (Å²) in [5.41, 5.74) is 1.60. The first kappa shape index (κ1) is 22.6. The molecule has 3 aromatic rings. The van der Waals surface area contributed by atoms with Crippen molar-refractivity contribution in [1.29, 1.82) is 0 Å². The number of hydrogen-bond donors (Lipinski definition) is 2. The number of aliphatic carboxylic acids is 1. The van der Waals surface area contributed by atoms with E-state index in [1.165, 1.54) is 18.3 Å². The predicted octanol–water partition coefficient (Wildman–Crippen LogP) is 5.84. The number of fused-ring (bicyclic) bond motifs is 3. The lowest BCUT2D eigenvalue weighted by Gasteiger charge is -2.21. The van der Waals surface area contributed by atoms with E-state index in [1.54, 1.807) is 0 Å². The van der Waals surface area contributed by atoms with Crippen LogP contribution in [0.4, 0.5) is 13.9 Å². The van der Waals surface area contributed by atoms with Crippen molar-refractivity contribution in [2.24, 2.45) is 0 Å². The van der Waals surface area contributed by atoms with Gasteiger partial charge in [-0.15, -0.1) is 0 Å². The maximum absolute atomic E-state index is 14.4. The lowest BCUT2D eigenvalue weighted by molar-refractivity contribution is -0.132. The first-order valence-corrected chi connectivity index (χ1v) is 10.9. The molecule has 1 aromatic heterocycles. The highest BCUT2D eigenvalue weighted by atomic mass is 32.1. The summed E-state index contributed by atoms with van der Waals surface area (Å²) in [4.78, 5) is 28.9. The van der Waals surface area contributed by atoms with E-state index in [9.17, 15) is 18.4 Å². The van der Waals surface area contributed by atoms with Gasteiger partial charge in [0.1, 0.15) is 24.0 Å². The van der Waals surface area contributed by atoms with Crippen LogP contribution in [0.1, 0.15) is 53.1 Å². The molecule has 9 heteroatoms. The second-order valence-electron chi connectivity index (χ2n) is 7.90. The summed E-state index contributed by atoms with van der Waals surface area (Å²) in [6.07, 6.45) is 0.881. The highest BCUT2D eigenvalue weighted by Gasteiger charge is 2.26. The van der Waals surface area contributed by atoms with Crippen molar-refractivity contribution < 1.29 is 28.2 Å². The molecule has 0 unspecified atom stereocenters. The van der Waals surface area contributed by atoms with E-state index in [0.29, 0.717) is 12.3 Å². The molecule has 0 aliphatic carbocycles. The fraction of sp³-hybridized carbons (Fsp3) is 0.208. The Bertz CT molecular complexity index is 1290. The van der Waals surface area contributed by atoms with Gasteiger partial charge in [0.2, 0.25) is 0 Å². The minimum Gasteiger partial charge on any atom is -0.487 e. The van der Waals surface area contributed by atoms with Crippen molar-refractivity contribution in [2.45, 2.75) is 33.3 Å². The molecule has 1 amide bonds. The van der Waals surface area contributed by atoms with Gasteiger partial charge < -0.3 is 9.84 Å². The number of amides is 1. The number of aromatic nitrogens is 1. The van der Waals surface area contributed by atoms with Crippen LogP contribution in [0.15, 0.2) is 35.9 Å². The number of halogens is 2. The van der Waals surface area contributed by atoms with Gasteiger partial charge in [-0.05, 0) is 42.7 Å². The number of ether oxygens (including phenoxy) is 1. The minimum absolute atomic E-state index is 0.235. The van der Waals surface area contributed by atoms with E-state index < -0.39 is 29.1 Å². The Kier molecular flexibility index (Phi) is 5.99. The van der Waals surface area contributed by atoms with Crippen molar-refractivity contribution in [3.05, 3.63) is 69.1 Å². The van der Waals surface area contributed by atoms with Gasteiger partial charge in [0, 0.05) is 22.3 Å².